The van der Waals surface area contributed by atoms with Crippen molar-refractivity contribution in [3.63, 3.8) is 0 Å². The number of hydrogen-bond acceptors (Lipinski definition) is 8. The third kappa shape index (κ3) is 55.1. The fourth-order valence-corrected chi connectivity index (χ4v) is 10.5. The highest BCUT2D eigenvalue weighted by atomic mass is 16.7. The highest BCUT2D eigenvalue weighted by molar-refractivity contribution is 5.60. The molecule has 0 aliphatic rings. The van der Waals surface area contributed by atoms with Crippen LogP contribution in [0.1, 0.15) is 297 Å². The molecule has 8 heteroatoms. The molecule has 0 radical (unpaired) electrons. The number of rotatable bonds is 58. The molecule has 8 nitrogen and oxygen atoms in total. The van der Waals surface area contributed by atoms with E-state index in [2.05, 4.69) is 98.3 Å². The first kappa shape index (κ1) is 75.2. The van der Waals surface area contributed by atoms with Crippen molar-refractivity contribution in [3.05, 3.63) is 60.8 Å². The Kier molecular flexibility index (Phi) is 58.1. The van der Waals surface area contributed by atoms with Crippen LogP contribution in [-0.4, -0.2) is 88.8 Å². The van der Waals surface area contributed by atoms with E-state index in [-0.39, 0.29) is 12.2 Å². The van der Waals surface area contributed by atoms with Crippen molar-refractivity contribution in [2.24, 2.45) is 11.8 Å². The van der Waals surface area contributed by atoms with Crippen LogP contribution < -0.4 is 0 Å². The molecule has 0 aromatic rings. The molecular weight excluding hydrogens is 965 g/mol. The molecule has 4 atom stereocenters. The first-order valence-electron chi connectivity index (χ1n) is 33.4. The van der Waals surface area contributed by atoms with E-state index in [0.29, 0.717) is 25.0 Å². The largest absolute Gasteiger partial charge is 0.508 e. The average Bonchev–Trinajstić information content (AvgIpc) is 3.42. The summed E-state index contributed by atoms with van der Waals surface area (Å²) in [7, 11) is 8.20. The molecule has 0 heterocycles. The molecule has 0 aliphatic carbocycles. The van der Waals surface area contributed by atoms with Gasteiger partial charge in [0.15, 0.2) is 0 Å². The molecule has 0 fully saturated rings. The Balaban J connectivity index is 6.57. The van der Waals surface area contributed by atoms with Crippen molar-refractivity contribution >= 4 is 12.3 Å². The molecule has 0 N–H and O–H groups in total. The van der Waals surface area contributed by atoms with Gasteiger partial charge in [-0.1, -0.05) is 223 Å². The van der Waals surface area contributed by atoms with Gasteiger partial charge in [-0.25, -0.2) is 9.59 Å². The molecule has 78 heavy (non-hydrogen) atoms. The Morgan fingerprint density at radius 2 is 0.641 bits per heavy atom. The Hall–Kier alpha value is -2.84. The van der Waals surface area contributed by atoms with E-state index in [1.54, 1.807) is 0 Å². The average molecular weight is 1100 g/mol. The zero-order valence-corrected chi connectivity index (χ0v) is 53.0. The summed E-state index contributed by atoms with van der Waals surface area (Å²) in [6.07, 6.45) is 69.7. The standard InChI is InChI=1S/C70H130N2O6/c1-9-13-17-21-25-29-31-33-34-36-38-40-44-48-52-58-68(78-70(74)76-62-54-60-72(7)8)63-65(55-49-45-41-27-23-19-15-11-3)66(56-50-46-42-39-37-35-32-30-26-22-18-14-10-2)64-67(57-51-47-43-28-24-20-16-12-4)77-69(73)75-61-53-59-71(5)6/h16,20,25-26,29-30,33-35,37,65-68H,9-15,17-19,21-24,27-28,31-32,36,38-64H2,1-8H3/b20-16-,29-25-,30-26-,34-33-,37-35-. The molecule has 0 rings (SSSR count). The van der Waals surface area contributed by atoms with Gasteiger partial charge in [-0.3, -0.25) is 0 Å². The fourth-order valence-electron chi connectivity index (χ4n) is 10.5. The van der Waals surface area contributed by atoms with Gasteiger partial charge in [-0.2, -0.15) is 0 Å². The lowest BCUT2D eigenvalue weighted by Crippen LogP contribution is -2.30. The normalized spacial score (nSPS) is 13.8. The lowest BCUT2D eigenvalue weighted by atomic mass is 9.76. The number of carbonyl (C=O) groups is 2. The summed E-state index contributed by atoms with van der Waals surface area (Å²) in [6, 6.07) is 0. The SMILES string of the molecule is CC/C=C\CCCCCCC(CC(CCCCC/C=C\C/C=C\CCCCC)C(CCCCCCCCCC)CC(CCCCCCC/C=C\C/C=C\CCCCC)OC(=O)OCCCN(C)C)OC(=O)OCCCN(C)C. The zero-order valence-electron chi connectivity index (χ0n) is 53.0. The third-order valence-corrected chi connectivity index (χ3v) is 15.2. The second kappa shape index (κ2) is 60.3. The van der Waals surface area contributed by atoms with Crippen LogP contribution in [0.3, 0.4) is 0 Å². The van der Waals surface area contributed by atoms with Crippen molar-refractivity contribution in [1.29, 1.82) is 0 Å². The van der Waals surface area contributed by atoms with Crippen molar-refractivity contribution in [3.8, 4) is 0 Å². The van der Waals surface area contributed by atoms with Crippen LogP contribution in [0.5, 0.6) is 0 Å². The maximum Gasteiger partial charge on any atom is 0.508 e. The summed E-state index contributed by atoms with van der Waals surface area (Å²) >= 11 is 0. The molecule has 4 unspecified atom stereocenters. The number of unbranched alkanes of at least 4 members (excludes halogenated alkanes) is 25. The molecule has 0 saturated heterocycles. The summed E-state index contributed by atoms with van der Waals surface area (Å²) in [5, 5.41) is 0. The van der Waals surface area contributed by atoms with Gasteiger partial charge >= 0.3 is 12.3 Å². The Bertz CT molecular complexity index is 1420. The molecule has 0 bridgehead atoms. The smallest absolute Gasteiger partial charge is 0.434 e. The highest BCUT2D eigenvalue weighted by Crippen LogP contribution is 2.36. The van der Waals surface area contributed by atoms with Crippen LogP contribution >= 0.6 is 0 Å². The van der Waals surface area contributed by atoms with Crippen LogP contribution in [0.15, 0.2) is 60.8 Å². The van der Waals surface area contributed by atoms with Crippen LogP contribution in [0, 0.1) is 11.8 Å². The van der Waals surface area contributed by atoms with Crippen molar-refractivity contribution in [2.75, 3.05) is 54.5 Å². The van der Waals surface area contributed by atoms with Gasteiger partial charge in [-0.05, 0) is 175 Å². The van der Waals surface area contributed by atoms with Crippen molar-refractivity contribution < 1.29 is 28.5 Å². The predicted octanol–water partition coefficient (Wildman–Crippen LogP) is 21.6. The van der Waals surface area contributed by atoms with E-state index in [1.807, 2.05) is 28.2 Å². The third-order valence-electron chi connectivity index (χ3n) is 15.2. The first-order valence-corrected chi connectivity index (χ1v) is 33.4. The van der Waals surface area contributed by atoms with Crippen molar-refractivity contribution in [2.45, 2.75) is 310 Å². The van der Waals surface area contributed by atoms with E-state index in [4.69, 9.17) is 18.9 Å². The Labute approximate surface area is 485 Å². The van der Waals surface area contributed by atoms with Crippen LogP contribution in [-0.2, 0) is 18.9 Å². The van der Waals surface area contributed by atoms with Crippen LogP contribution in [0.4, 0.5) is 9.59 Å². The van der Waals surface area contributed by atoms with E-state index in [1.165, 1.54) is 148 Å². The maximum absolute atomic E-state index is 13.6. The van der Waals surface area contributed by atoms with Gasteiger partial charge in [0, 0.05) is 13.1 Å². The second-order valence-corrected chi connectivity index (χ2v) is 23.4. The molecule has 456 valence electrons. The van der Waals surface area contributed by atoms with E-state index in [9.17, 15) is 9.59 Å². The summed E-state index contributed by atoms with van der Waals surface area (Å²) < 4.78 is 24.3. The number of carbonyl (C=O) groups excluding carboxylic acids is 2. The Morgan fingerprint density at radius 3 is 1.00 bits per heavy atom. The van der Waals surface area contributed by atoms with E-state index >= 15 is 0 Å². The number of allylic oxidation sites excluding steroid dienone is 10. The fraction of sp³-hybridized carbons (Fsp3) is 0.829. The molecule has 0 aliphatic heterocycles. The summed E-state index contributed by atoms with van der Waals surface area (Å²) in [6.45, 7) is 11.5. The van der Waals surface area contributed by atoms with E-state index in [0.717, 1.165) is 135 Å². The topological polar surface area (TPSA) is 77.5 Å². The minimum atomic E-state index is -0.524. The molecule has 0 amide bonds. The maximum atomic E-state index is 13.6. The zero-order chi connectivity index (χ0) is 57.0. The van der Waals surface area contributed by atoms with Gasteiger partial charge in [0.25, 0.3) is 0 Å². The second-order valence-electron chi connectivity index (χ2n) is 23.4. The first-order chi connectivity index (χ1) is 38.2. The number of ether oxygens (including phenoxy) is 4. The minimum absolute atomic E-state index is 0.209. The van der Waals surface area contributed by atoms with Gasteiger partial charge < -0.3 is 28.7 Å². The van der Waals surface area contributed by atoms with Gasteiger partial charge in [0.05, 0.1) is 13.2 Å². The lowest BCUT2D eigenvalue weighted by Gasteiger charge is -2.33. The summed E-state index contributed by atoms with van der Waals surface area (Å²) in [4.78, 5) is 31.3. The molecule has 0 spiro atoms. The van der Waals surface area contributed by atoms with Crippen LogP contribution in [0.2, 0.25) is 0 Å². The monoisotopic (exact) mass is 1090 g/mol. The predicted molar refractivity (Wildman–Crippen MR) is 339 cm³/mol. The molecular formula is C70H130N2O6. The van der Waals surface area contributed by atoms with Crippen LogP contribution in [0.25, 0.3) is 0 Å². The number of hydrogen-bond donors (Lipinski definition) is 0. The summed E-state index contributed by atoms with van der Waals surface area (Å²) in [5.41, 5.74) is 0. The quantitative estimate of drug-likeness (QED) is 0.0339. The highest BCUT2D eigenvalue weighted by Gasteiger charge is 2.30. The Morgan fingerprint density at radius 1 is 0.346 bits per heavy atom. The number of nitrogens with zero attached hydrogens (tertiary/aromatic N) is 2. The van der Waals surface area contributed by atoms with Crippen molar-refractivity contribution in [1.82, 2.24) is 9.80 Å². The van der Waals surface area contributed by atoms with Gasteiger partial charge in [0.1, 0.15) is 12.2 Å². The lowest BCUT2D eigenvalue weighted by molar-refractivity contribution is -0.00773. The van der Waals surface area contributed by atoms with Gasteiger partial charge in [-0.15, -0.1) is 0 Å². The molecule has 0 aromatic carbocycles. The van der Waals surface area contributed by atoms with E-state index < -0.39 is 12.3 Å². The van der Waals surface area contributed by atoms with Gasteiger partial charge in [0.2, 0.25) is 0 Å². The molecule has 0 aromatic heterocycles. The molecule has 0 saturated carbocycles. The summed E-state index contributed by atoms with van der Waals surface area (Å²) in [5.74, 6) is 0.673. The minimum Gasteiger partial charge on any atom is -0.434 e.